The lowest BCUT2D eigenvalue weighted by molar-refractivity contribution is -0.124. The van der Waals surface area contributed by atoms with E-state index in [0.29, 0.717) is 11.7 Å². The largest absolute Gasteiger partial charge is 0.309 e. The fraction of sp³-hybridized carbons (Fsp3) is 0.923. The van der Waals surface area contributed by atoms with Gasteiger partial charge in [-0.05, 0) is 45.2 Å². The Kier molecular flexibility index (Phi) is 4.78. The van der Waals surface area contributed by atoms with E-state index in [1.807, 2.05) is 14.1 Å². The molecule has 0 spiro atoms. The van der Waals surface area contributed by atoms with Crippen molar-refractivity contribution in [2.24, 2.45) is 17.8 Å². The lowest BCUT2D eigenvalue weighted by Crippen LogP contribution is -2.28. The van der Waals surface area contributed by atoms with Gasteiger partial charge in [-0.2, -0.15) is 0 Å². The maximum atomic E-state index is 11.9. The quantitative estimate of drug-likeness (QED) is 0.712. The van der Waals surface area contributed by atoms with E-state index in [4.69, 9.17) is 0 Å². The molecule has 0 N–H and O–H groups in total. The topological polar surface area (TPSA) is 20.3 Å². The molecular formula is C13H25NO. The zero-order valence-electron chi connectivity index (χ0n) is 10.6. The molecule has 0 aromatic rings. The van der Waals surface area contributed by atoms with Crippen LogP contribution in [0.5, 0.6) is 0 Å². The average Bonchev–Trinajstić information content (AvgIpc) is 2.18. The van der Waals surface area contributed by atoms with Crippen molar-refractivity contribution in [3.63, 3.8) is 0 Å². The van der Waals surface area contributed by atoms with Crippen LogP contribution in [0.4, 0.5) is 0 Å². The predicted octanol–water partition coefficient (Wildman–Crippen LogP) is 2.58. The summed E-state index contributed by atoms with van der Waals surface area (Å²) < 4.78 is 0. The first-order valence-corrected chi connectivity index (χ1v) is 6.18. The van der Waals surface area contributed by atoms with Gasteiger partial charge >= 0.3 is 0 Å². The van der Waals surface area contributed by atoms with Crippen molar-refractivity contribution in [1.29, 1.82) is 0 Å². The Morgan fingerprint density at radius 3 is 2.40 bits per heavy atom. The maximum Gasteiger partial charge on any atom is 0.137 e. The minimum atomic E-state index is 0.358. The van der Waals surface area contributed by atoms with Crippen LogP contribution in [0.25, 0.3) is 0 Å². The van der Waals surface area contributed by atoms with Crippen LogP contribution in [0.3, 0.4) is 0 Å². The number of carbonyl (C=O) groups excluding carboxylic acids is 1. The van der Waals surface area contributed by atoms with Crippen LogP contribution in [0, 0.1) is 17.8 Å². The Labute approximate surface area is 94.0 Å². The molecule has 0 heterocycles. The van der Waals surface area contributed by atoms with Gasteiger partial charge in [-0.3, -0.25) is 4.79 Å². The molecule has 0 radical (unpaired) electrons. The summed E-state index contributed by atoms with van der Waals surface area (Å²) in [6.07, 6.45) is 4.21. The molecule has 88 valence electrons. The third kappa shape index (κ3) is 3.94. The molecule has 15 heavy (non-hydrogen) atoms. The molecule has 0 saturated heterocycles. The molecule has 3 unspecified atom stereocenters. The highest BCUT2D eigenvalue weighted by Crippen LogP contribution is 2.34. The second kappa shape index (κ2) is 5.64. The predicted molar refractivity (Wildman–Crippen MR) is 63.8 cm³/mol. The van der Waals surface area contributed by atoms with Crippen LogP contribution in [0.1, 0.15) is 39.5 Å². The molecule has 0 aliphatic heterocycles. The third-order valence-electron chi connectivity index (χ3n) is 3.86. The van der Waals surface area contributed by atoms with Crippen molar-refractivity contribution >= 4 is 5.78 Å². The van der Waals surface area contributed by atoms with Gasteiger partial charge in [-0.15, -0.1) is 0 Å². The van der Waals surface area contributed by atoms with Gasteiger partial charge in [0.05, 0.1) is 0 Å². The van der Waals surface area contributed by atoms with E-state index in [1.165, 1.54) is 6.42 Å². The highest BCUT2D eigenvalue weighted by atomic mass is 16.1. The Balaban J connectivity index is 2.34. The van der Waals surface area contributed by atoms with Crippen molar-refractivity contribution < 1.29 is 4.79 Å². The van der Waals surface area contributed by atoms with E-state index in [1.54, 1.807) is 0 Å². The molecule has 2 heteroatoms. The molecule has 3 atom stereocenters. The van der Waals surface area contributed by atoms with E-state index in [2.05, 4.69) is 18.7 Å². The first-order valence-electron chi connectivity index (χ1n) is 6.18. The van der Waals surface area contributed by atoms with Gasteiger partial charge < -0.3 is 4.90 Å². The van der Waals surface area contributed by atoms with E-state index >= 15 is 0 Å². The van der Waals surface area contributed by atoms with Gasteiger partial charge in [0.1, 0.15) is 5.78 Å². The first-order chi connectivity index (χ1) is 7.00. The number of nitrogens with zero attached hydrogens (tertiary/aromatic N) is 1. The number of carbonyl (C=O) groups is 1. The van der Waals surface area contributed by atoms with Gasteiger partial charge in [0.2, 0.25) is 0 Å². The normalized spacial score (nSPS) is 31.9. The van der Waals surface area contributed by atoms with Crippen LogP contribution < -0.4 is 0 Å². The minimum Gasteiger partial charge on any atom is -0.309 e. The minimum absolute atomic E-state index is 0.358. The molecule has 0 aromatic carbocycles. The Morgan fingerprint density at radius 2 is 1.87 bits per heavy atom. The van der Waals surface area contributed by atoms with Crippen LogP contribution in [0.2, 0.25) is 0 Å². The number of hydrogen-bond donors (Lipinski definition) is 0. The maximum absolute atomic E-state index is 11.9. The lowest BCUT2D eigenvalue weighted by Gasteiger charge is -2.31. The number of rotatable bonds is 4. The second-order valence-electron chi connectivity index (χ2n) is 5.48. The summed E-state index contributed by atoms with van der Waals surface area (Å²) in [6, 6.07) is 0. The molecule has 0 bridgehead atoms. The molecule has 1 aliphatic rings. The van der Waals surface area contributed by atoms with Crippen LogP contribution in [-0.2, 0) is 4.79 Å². The molecule has 1 rings (SSSR count). The van der Waals surface area contributed by atoms with Gasteiger partial charge in [-0.1, -0.05) is 13.8 Å². The molecule has 1 saturated carbocycles. The van der Waals surface area contributed by atoms with E-state index in [-0.39, 0.29) is 0 Å². The molecule has 1 aliphatic carbocycles. The number of Topliss-reactive ketones (excluding diaryl/α,β-unsaturated/α-hetero) is 1. The fourth-order valence-electron chi connectivity index (χ4n) is 2.38. The van der Waals surface area contributed by atoms with Crippen molar-refractivity contribution in [1.82, 2.24) is 4.90 Å². The summed E-state index contributed by atoms with van der Waals surface area (Å²) in [5.41, 5.74) is 0. The first kappa shape index (κ1) is 12.7. The Morgan fingerprint density at radius 1 is 1.20 bits per heavy atom. The third-order valence-corrected chi connectivity index (χ3v) is 3.86. The van der Waals surface area contributed by atoms with Crippen molar-refractivity contribution in [3.05, 3.63) is 0 Å². The molecule has 0 aromatic heterocycles. The van der Waals surface area contributed by atoms with Crippen LogP contribution >= 0.6 is 0 Å². The molecule has 1 fully saturated rings. The zero-order valence-corrected chi connectivity index (χ0v) is 10.6. The summed E-state index contributed by atoms with van der Waals surface area (Å²) >= 11 is 0. The summed E-state index contributed by atoms with van der Waals surface area (Å²) in [4.78, 5) is 14.0. The average molecular weight is 211 g/mol. The van der Waals surface area contributed by atoms with Gasteiger partial charge in [0, 0.05) is 18.9 Å². The van der Waals surface area contributed by atoms with Crippen molar-refractivity contribution in [2.75, 3.05) is 20.6 Å². The number of hydrogen-bond acceptors (Lipinski definition) is 2. The second-order valence-corrected chi connectivity index (χ2v) is 5.48. The highest BCUT2D eigenvalue weighted by Gasteiger charge is 2.28. The molecule has 2 nitrogen and oxygen atoms in total. The van der Waals surface area contributed by atoms with E-state index in [0.717, 1.165) is 37.6 Å². The SMILES string of the molecule is CC1CCC(C(=O)CCN(C)C)CC1C. The van der Waals surface area contributed by atoms with Gasteiger partial charge in [0.25, 0.3) is 0 Å². The summed E-state index contributed by atoms with van der Waals surface area (Å²) in [5, 5.41) is 0. The monoisotopic (exact) mass is 211 g/mol. The van der Waals surface area contributed by atoms with E-state index < -0.39 is 0 Å². The fourth-order valence-corrected chi connectivity index (χ4v) is 2.38. The smallest absolute Gasteiger partial charge is 0.137 e. The van der Waals surface area contributed by atoms with E-state index in [9.17, 15) is 4.79 Å². The number of ketones is 1. The highest BCUT2D eigenvalue weighted by molar-refractivity contribution is 5.81. The van der Waals surface area contributed by atoms with Crippen molar-refractivity contribution in [3.8, 4) is 0 Å². The Hall–Kier alpha value is -0.370. The van der Waals surface area contributed by atoms with Crippen LogP contribution in [0.15, 0.2) is 0 Å². The summed E-state index contributed by atoms with van der Waals surface area (Å²) in [7, 11) is 4.05. The van der Waals surface area contributed by atoms with Gasteiger partial charge in [0.15, 0.2) is 0 Å². The van der Waals surface area contributed by atoms with Gasteiger partial charge in [-0.25, -0.2) is 0 Å². The standard InChI is InChI=1S/C13H25NO/c1-10-5-6-12(9-11(10)2)13(15)7-8-14(3)4/h10-12H,5-9H2,1-4H3. The zero-order chi connectivity index (χ0) is 11.4. The lowest BCUT2D eigenvalue weighted by atomic mass is 9.74. The Bertz CT molecular complexity index is 213. The van der Waals surface area contributed by atoms with Crippen molar-refractivity contribution in [2.45, 2.75) is 39.5 Å². The summed E-state index contributed by atoms with van der Waals surface area (Å²) in [6.45, 7) is 5.50. The molecular weight excluding hydrogens is 186 g/mol. The van der Waals surface area contributed by atoms with Crippen LogP contribution in [-0.4, -0.2) is 31.3 Å². The summed E-state index contributed by atoms with van der Waals surface area (Å²) in [5.74, 6) is 2.38. The molecule has 0 amide bonds.